The lowest BCUT2D eigenvalue weighted by Gasteiger charge is -2.47. The van der Waals surface area contributed by atoms with Crippen LogP contribution in [-0.2, 0) is 5.41 Å². The number of hydrogen-bond donors (Lipinski definition) is 1. The fourth-order valence-corrected chi connectivity index (χ4v) is 5.52. The van der Waals surface area contributed by atoms with Gasteiger partial charge in [-0.3, -0.25) is 4.79 Å². The van der Waals surface area contributed by atoms with Crippen LogP contribution in [0.2, 0.25) is 0 Å². The molecule has 1 heterocycles. The van der Waals surface area contributed by atoms with E-state index in [-0.39, 0.29) is 10.9 Å². The fraction of sp³-hybridized carbons (Fsp3) is 0.810. The molecule has 1 aromatic heterocycles. The minimum atomic E-state index is -1.16. The first kappa shape index (κ1) is 24.6. The zero-order valence-electron chi connectivity index (χ0n) is 17.2. The molecule has 4 unspecified atom stereocenters. The van der Waals surface area contributed by atoms with Crippen molar-refractivity contribution in [2.24, 2.45) is 0 Å². The molecule has 27 heavy (non-hydrogen) atoms. The van der Waals surface area contributed by atoms with Crippen LogP contribution in [-0.4, -0.2) is 26.1 Å². The van der Waals surface area contributed by atoms with E-state index in [2.05, 4.69) is 40.0 Å². The van der Waals surface area contributed by atoms with Gasteiger partial charge in [-0.15, -0.1) is 11.6 Å². The van der Waals surface area contributed by atoms with Crippen molar-refractivity contribution >= 4 is 27.5 Å². The number of hydrogen-bond acceptors (Lipinski definition) is 2. The molecular formula is C21H35BrClFN2O. The lowest BCUT2D eigenvalue weighted by atomic mass is 9.67. The topological polar surface area (TPSA) is 45.8 Å². The summed E-state index contributed by atoms with van der Waals surface area (Å²) in [6.45, 7) is 7.80. The van der Waals surface area contributed by atoms with Crippen LogP contribution in [0.1, 0.15) is 91.2 Å². The molecule has 0 fully saturated rings. The maximum atomic E-state index is 15.1. The quantitative estimate of drug-likeness (QED) is 0.261. The number of rotatable bonds is 13. The molecule has 0 aliphatic carbocycles. The van der Waals surface area contributed by atoms with Crippen LogP contribution in [0.4, 0.5) is 4.39 Å². The SMILES string of the molecule is CCCCCC(Cl)CC(Br)(CCCCC)C(C)(c1ccc(=O)[nH]n1)C(C)F. The Morgan fingerprint density at radius 3 is 2.37 bits per heavy atom. The van der Waals surface area contributed by atoms with Gasteiger partial charge < -0.3 is 0 Å². The second kappa shape index (κ2) is 11.5. The van der Waals surface area contributed by atoms with E-state index < -0.39 is 15.9 Å². The summed E-state index contributed by atoms with van der Waals surface area (Å²) in [5.41, 5.74) is -0.625. The Hall–Kier alpha value is -0.420. The highest BCUT2D eigenvalue weighted by molar-refractivity contribution is 9.10. The van der Waals surface area contributed by atoms with E-state index >= 15 is 4.39 Å². The molecule has 0 bridgehead atoms. The fourth-order valence-electron chi connectivity index (χ4n) is 3.72. The molecular weight excluding hydrogens is 431 g/mol. The third-order valence-corrected chi connectivity index (χ3v) is 7.70. The molecule has 0 saturated carbocycles. The van der Waals surface area contributed by atoms with Crippen molar-refractivity contribution in [3.63, 3.8) is 0 Å². The molecule has 6 heteroatoms. The summed E-state index contributed by atoms with van der Waals surface area (Å²) >= 11 is 10.7. The minimum absolute atomic E-state index is 0.0293. The number of halogens is 3. The molecule has 4 atom stereocenters. The van der Waals surface area contributed by atoms with Crippen molar-refractivity contribution in [3.05, 3.63) is 28.2 Å². The largest absolute Gasteiger partial charge is 0.268 e. The first-order chi connectivity index (χ1) is 12.7. The zero-order valence-corrected chi connectivity index (χ0v) is 19.5. The summed E-state index contributed by atoms with van der Waals surface area (Å²) in [4.78, 5) is 11.5. The van der Waals surface area contributed by atoms with Crippen LogP contribution < -0.4 is 5.56 Å². The van der Waals surface area contributed by atoms with E-state index in [1.165, 1.54) is 6.07 Å². The first-order valence-corrected chi connectivity index (χ1v) is 11.5. The molecule has 0 amide bonds. The monoisotopic (exact) mass is 464 g/mol. The van der Waals surface area contributed by atoms with Crippen LogP contribution in [0, 0.1) is 0 Å². The molecule has 1 rings (SSSR count). The highest BCUT2D eigenvalue weighted by Crippen LogP contribution is 2.51. The Kier molecular flexibility index (Phi) is 10.5. The molecule has 0 aliphatic rings. The van der Waals surface area contributed by atoms with Crippen LogP contribution in [0.25, 0.3) is 0 Å². The predicted octanol–water partition coefficient (Wildman–Crippen LogP) is 6.68. The highest BCUT2D eigenvalue weighted by Gasteiger charge is 2.52. The van der Waals surface area contributed by atoms with Gasteiger partial charge in [0.1, 0.15) is 6.17 Å². The third-order valence-electron chi connectivity index (χ3n) is 5.78. The van der Waals surface area contributed by atoms with Gasteiger partial charge in [-0.2, -0.15) is 5.10 Å². The molecule has 0 aliphatic heterocycles. The Labute approximate surface area is 177 Å². The predicted molar refractivity (Wildman–Crippen MR) is 117 cm³/mol. The number of unbranched alkanes of at least 4 members (excludes halogenated alkanes) is 4. The van der Waals surface area contributed by atoms with Crippen molar-refractivity contribution in [3.8, 4) is 0 Å². The number of nitrogens with one attached hydrogen (secondary N) is 1. The van der Waals surface area contributed by atoms with Gasteiger partial charge in [0.05, 0.1) is 11.1 Å². The Balaban J connectivity index is 3.21. The molecule has 0 radical (unpaired) electrons. The van der Waals surface area contributed by atoms with Crippen LogP contribution in [0.5, 0.6) is 0 Å². The number of nitrogens with zero attached hydrogens (tertiary/aromatic N) is 1. The summed E-state index contributed by atoms with van der Waals surface area (Å²) in [5, 5.41) is 6.64. The van der Waals surface area contributed by atoms with Crippen molar-refractivity contribution in [2.75, 3.05) is 0 Å². The molecule has 1 aromatic rings. The van der Waals surface area contributed by atoms with E-state index in [0.717, 1.165) is 51.4 Å². The minimum Gasteiger partial charge on any atom is -0.268 e. The van der Waals surface area contributed by atoms with Gasteiger partial charge in [-0.25, -0.2) is 9.49 Å². The van der Waals surface area contributed by atoms with Gasteiger partial charge in [-0.05, 0) is 39.2 Å². The molecule has 0 spiro atoms. The Morgan fingerprint density at radius 2 is 1.85 bits per heavy atom. The van der Waals surface area contributed by atoms with Gasteiger partial charge in [0.15, 0.2) is 0 Å². The van der Waals surface area contributed by atoms with Crippen LogP contribution in [0.15, 0.2) is 16.9 Å². The van der Waals surface area contributed by atoms with E-state index in [1.807, 2.05) is 6.92 Å². The van der Waals surface area contributed by atoms with Gasteiger partial charge >= 0.3 is 0 Å². The molecule has 156 valence electrons. The van der Waals surface area contributed by atoms with Crippen molar-refractivity contribution in [1.29, 1.82) is 0 Å². The third kappa shape index (κ3) is 6.56. The molecule has 3 nitrogen and oxygen atoms in total. The summed E-state index contributed by atoms with van der Waals surface area (Å²) in [6, 6.07) is 3.06. The number of H-pyrrole nitrogens is 1. The first-order valence-electron chi connectivity index (χ1n) is 10.2. The van der Waals surface area contributed by atoms with Crippen LogP contribution in [0.3, 0.4) is 0 Å². The smallest absolute Gasteiger partial charge is 0.264 e. The maximum absolute atomic E-state index is 15.1. The Morgan fingerprint density at radius 1 is 1.22 bits per heavy atom. The second-order valence-corrected chi connectivity index (χ2v) is 9.98. The van der Waals surface area contributed by atoms with Crippen molar-refractivity contribution in [2.45, 2.75) is 107 Å². The van der Waals surface area contributed by atoms with Gasteiger partial charge in [-0.1, -0.05) is 68.3 Å². The molecule has 0 saturated heterocycles. The lowest BCUT2D eigenvalue weighted by molar-refractivity contribution is 0.151. The molecule has 0 aromatic carbocycles. The van der Waals surface area contributed by atoms with Crippen LogP contribution >= 0.6 is 27.5 Å². The van der Waals surface area contributed by atoms with E-state index in [1.54, 1.807) is 13.0 Å². The van der Waals surface area contributed by atoms with E-state index in [9.17, 15) is 4.79 Å². The normalized spacial score (nSPS) is 18.5. The Bertz CT molecular complexity index is 592. The van der Waals surface area contributed by atoms with Crippen molar-refractivity contribution in [1.82, 2.24) is 10.2 Å². The highest BCUT2D eigenvalue weighted by atomic mass is 79.9. The number of aromatic amines is 1. The van der Waals surface area contributed by atoms with E-state index in [0.29, 0.717) is 12.1 Å². The summed E-state index contributed by atoms with van der Waals surface area (Å²) in [6.07, 6.45) is 7.81. The van der Waals surface area contributed by atoms with Gasteiger partial charge in [0, 0.05) is 15.8 Å². The van der Waals surface area contributed by atoms with Gasteiger partial charge in [0.2, 0.25) is 0 Å². The lowest BCUT2D eigenvalue weighted by Crippen LogP contribution is -2.52. The zero-order chi connectivity index (χ0) is 20.5. The maximum Gasteiger partial charge on any atom is 0.264 e. The molecule has 1 N–H and O–H groups in total. The van der Waals surface area contributed by atoms with Gasteiger partial charge in [0.25, 0.3) is 5.56 Å². The average molecular weight is 466 g/mol. The summed E-state index contributed by atoms with van der Waals surface area (Å²) < 4.78 is 14.6. The summed E-state index contributed by atoms with van der Waals surface area (Å²) in [5.74, 6) is 0. The standard InChI is InChI=1S/C21H35BrClFN2O/c1-5-7-9-11-17(23)15-21(22,14-10-8-6-2)20(4,16(3)24)18-12-13-19(27)26-25-18/h12-13,16-17H,5-11,14-15H2,1-4H3,(H,26,27). The average Bonchev–Trinajstić information content (AvgIpc) is 2.61. The number of alkyl halides is 3. The number of aromatic nitrogens is 2. The second-order valence-electron chi connectivity index (χ2n) is 7.84. The van der Waals surface area contributed by atoms with Crippen molar-refractivity contribution < 1.29 is 4.39 Å². The van der Waals surface area contributed by atoms with E-state index in [4.69, 9.17) is 11.6 Å². The summed E-state index contributed by atoms with van der Waals surface area (Å²) in [7, 11) is 0.